The van der Waals surface area contributed by atoms with Gasteiger partial charge in [0.2, 0.25) is 0 Å². The molecule has 0 saturated carbocycles. The smallest absolute Gasteiger partial charge is 0.441 e. The fourth-order valence-corrected chi connectivity index (χ4v) is 1.11. The molecular formula is C13H10F3NO3. The SMILES string of the molecule is COC(=O)C#C/C(=N\c1ccc(OC)cc1)C(F)(F)F. The first-order valence-corrected chi connectivity index (χ1v) is 5.26. The highest BCUT2D eigenvalue weighted by Gasteiger charge is 2.35. The van der Waals surface area contributed by atoms with Gasteiger partial charge in [0.05, 0.1) is 19.9 Å². The van der Waals surface area contributed by atoms with Crippen molar-refractivity contribution in [1.29, 1.82) is 0 Å². The largest absolute Gasteiger partial charge is 0.497 e. The van der Waals surface area contributed by atoms with Gasteiger partial charge in [-0.15, -0.1) is 0 Å². The van der Waals surface area contributed by atoms with E-state index in [2.05, 4.69) is 9.73 Å². The van der Waals surface area contributed by atoms with Crippen molar-refractivity contribution < 1.29 is 27.4 Å². The maximum atomic E-state index is 12.7. The monoisotopic (exact) mass is 285 g/mol. The number of aliphatic imine (C=N–C) groups is 1. The molecular weight excluding hydrogens is 275 g/mol. The molecule has 0 bridgehead atoms. The molecule has 0 aliphatic rings. The zero-order valence-corrected chi connectivity index (χ0v) is 10.6. The third-order valence-corrected chi connectivity index (χ3v) is 2.05. The summed E-state index contributed by atoms with van der Waals surface area (Å²) in [6.07, 6.45) is -4.76. The number of ether oxygens (including phenoxy) is 2. The summed E-state index contributed by atoms with van der Waals surface area (Å²) < 4.78 is 47.1. The lowest BCUT2D eigenvalue weighted by Crippen LogP contribution is -2.21. The van der Waals surface area contributed by atoms with Crippen LogP contribution in [-0.4, -0.2) is 32.1 Å². The molecule has 0 radical (unpaired) electrons. The summed E-state index contributed by atoms with van der Waals surface area (Å²) in [5, 5.41) is 0. The summed E-state index contributed by atoms with van der Waals surface area (Å²) in [5.74, 6) is 2.76. The molecule has 1 aromatic rings. The molecule has 0 amide bonds. The normalized spacial score (nSPS) is 11.3. The number of hydrogen-bond donors (Lipinski definition) is 0. The summed E-state index contributed by atoms with van der Waals surface area (Å²) in [5.41, 5.74) is -1.34. The van der Waals surface area contributed by atoms with Crippen molar-refractivity contribution in [2.45, 2.75) is 6.18 Å². The van der Waals surface area contributed by atoms with E-state index in [4.69, 9.17) is 4.74 Å². The van der Waals surface area contributed by atoms with Crippen molar-refractivity contribution in [2.24, 2.45) is 4.99 Å². The third-order valence-electron chi connectivity index (χ3n) is 2.05. The van der Waals surface area contributed by atoms with Crippen LogP contribution in [0.2, 0.25) is 0 Å². The van der Waals surface area contributed by atoms with Crippen LogP contribution in [0.1, 0.15) is 0 Å². The summed E-state index contributed by atoms with van der Waals surface area (Å²) in [6, 6.07) is 5.59. The van der Waals surface area contributed by atoms with Crippen LogP contribution in [0.15, 0.2) is 29.3 Å². The van der Waals surface area contributed by atoms with Crippen molar-refractivity contribution in [3.05, 3.63) is 24.3 Å². The Morgan fingerprint density at radius 3 is 2.20 bits per heavy atom. The van der Waals surface area contributed by atoms with Crippen molar-refractivity contribution in [3.8, 4) is 17.6 Å². The topological polar surface area (TPSA) is 47.9 Å². The first-order valence-electron chi connectivity index (χ1n) is 5.26. The minimum Gasteiger partial charge on any atom is -0.497 e. The first kappa shape index (κ1) is 15.6. The van der Waals surface area contributed by atoms with Gasteiger partial charge >= 0.3 is 12.1 Å². The Kier molecular flexibility index (Phi) is 5.15. The molecule has 0 unspecified atom stereocenters. The fraction of sp³-hybridized carbons (Fsp3) is 0.231. The van der Waals surface area contributed by atoms with E-state index in [1.165, 1.54) is 31.4 Å². The van der Waals surface area contributed by atoms with Crippen LogP contribution in [0.25, 0.3) is 0 Å². The quantitative estimate of drug-likeness (QED) is 0.363. The number of hydrogen-bond acceptors (Lipinski definition) is 4. The highest BCUT2D eigenvalue weighted by molar-refractivity contribution is 6.09. The van der Waals surface area contributed by atoms with Crippen LogP contribution < -0.4 is 4.74 Å². The van der Waals surface area contributed by atoms with Gasteiger partial charge in [-0.1, -0.05) is 0 Å². The Balaban J connectivity index is 3.11. The summed E-state index contributed by atoms with van der Waals surface area (Å²) >= 11 is 0. The van der Waals surface area contributed by atoms with Gasteiger partial charge in [0, 0.05) is 5.92 Å². The zero-order chi connectivity index (χ0) is 15.2. The molecule has 1 rings (SSSR count). The lowest BCUT2D eigenvalue weighted by Gasteiger charge is -2.05. The van der Waals surface area contributed by atoms with Crippen molar-refractivity contribution in [2.75, 3.05) is 14.2 Å². The molecule has 7 heteroatoms. The molecule has 20 heavy (non-hydrogen) atoms. The van der Waals surface area contributed by atoms with E-state index in [1.807, 2.05) is 0 Å². The number of benzene rings is 1. The molecule has 0 N–H and O–H groups in total. The first-order chi connectivity index (χ1) is 9.36. The molecule has 0 fully saturated rings. The molecule has 0 atom stereocenters. The van der Waals surface area contributed by atoms with Crippen LogP contribution in [0.5, 0.6) is 5.75 Å². The molecule has 0 spiro atoms. The van der Waals surface area contributed by atoms with E-state index < -0.39 is 17.9 Å². The Bertz CT molecular complexity index is 565. The van der Waals surface area contributed by atoms with Crippen LogP contribution in [0.3, 0.4) is 0 Å². The number of alkyl halides is 3. The second kappa shape index (κ2) is 6.61. The molecule has 0 aliphatic carbocycles. The van der Waals surface area contributed by atoms with Crippen LogP contribution >= 0.6 is 0 Å². The lowest BCUT2D eigenvalue weighted by molar-refractivity contribution is -0.133. The van der Waals surface area contributed by atoms with Crippen molar-refractivity contribution >= 4 is 17.4 Å². The van der Waals surface area contributed by atoms with Gasteiger partial charge in [0.25, 0.3) is 0 Å². The Hall–Kier alpha value is -2.49. The number of rotatable bonds is 2. The Morgan fingerprint density at radius 1 is 1.15 bits per heavy atom. The van der Waals surface area contributed by atoms with E-state index in [1.54, 1.807) is 11.8 Å². The fourth-order valence-electron chi connectivity index (χ4n) is 1.11. The summed E-state index contributed by atoms with van der Waals surface area (Å²) in [4.78, 5) is 14.1. The van der Waals surface area contributed by atoms with Crippen LogP contribution in [0.4, 0.5) is 18.9 Å². The van der Waals surface area contributed by atoms with Crippen molar-refractivity contribution in [3.63, 3.8) is 0 Å². The minimum atomic E-state index is -4.76. The second-order valence-electron chi connectivity index (χ2n) is 3.40. The van der Waals surface area contributed by atoms with Gasteiger partial charge in [-0.05, 0) is 30.2 Å². The number of esters is 1. The highest BCUT2D eigenvalue weighted by atomic mass is 19.4. The predicted molar refractivity (Wildman–Crippen MR) is 65.9 cm³/mol. The number of nitrogens with zero attached hydrogens (tertiary/aromatic N) is 1. The Labute approximate surface area is 113 Å². The molecule has 106 valence electrons. The average molecular weight is 285 g/mol. The van der Waals surface area contributed by atoms with E-state index >= 15 is 0 Å². The van der Waals surface area contributed by atoms with E-state index in [0.29, 0.717) is 5.75 Å². The minimum absolute atomic E-state index is 0.0392. The standard InChI is InChI=1S/C13H10F3NO3/c1-19-10-5-3-9(4-6-10)17-11(13(14,15)16)7-8-12(18)20-2/h3-6H,1-2H3/b17-11+. The van der Waals surface area contributed by atoms with Gasteiger partial charge in [-0.3, -0.25) is 0 Å². The molecule has 0 saturated heterocycles. The maximum Gasteiger partial charge on any atom is 0.441 e. The maximum absolute atomic E-state index is 12.7. The van der Waals surface area contributed by atoms with Gasteiger partial charge in [-0.25, -0.2) is 9.79 Å². The summed E-state index contributed by atoms with van der Waals surface area (Å²) in [6.45, 7) is 0. The van der Waals surface area contributed by atoms with E-state index in [9.17, 15) is 18.0 Å². The zero-order valence-electron chi connectivity index (χ0n) is 10.6. The second-order valence-corrected chi connectivity index (χ2v) is 3.40. The van der Waals surface area contributed by atoms with Crippen LogP contribution in [-0.2, 0) is 9.53 Å². The number of halogens is 3. The third kappa shape index (κ3) is 4.65. The van der Waals surface area contributed by atoms with Gasteiger partial charge in [0.15, 0.2) is 5.71 Å². The van der Waals surface area contributed by atoms with Gasteiger partial charge in [-0.2, -0.15) is 13.2 Å². The van der Waals surface area contributed by atoms with E-state index in [-0.39, 0.29) is 5.69 Å². The molecule has 1 aromatic carbocycles. The molecule has 4 nitrogen and oxygen atoms in total. The summed E-state index contributed by atoms with van der Waals surface area (Å²) in [7, 11) is 2.45. The molecule has 0 heterocycles. The highest BCUT2D eigenvalue weighted by Crippen LogP contribution is 2.23. The average Bonchev–Trinajstić information content (AvgIpc) is 2.42. The lowest BCUT2D eigenvalue weighted by atomic mass is 10.3. The Morgan fingerprint density at radius 2 is 1.75 bits per heavy atom. The number of methoxy groups -OCH3 is 2. The number of carbonyl (C=O) groups is 1. The molecule has 0 aliphatic heterocycles. The van der Waals surface area contributed by atoms with Crippen LogP contribution in [0, 0.1) is 11.8 Å². The van der Waals surface area contributed by atoms with Gasteiger partial charge < -0.3 is 9.47 Å². The predicted octanol–water partition coefficient (Wildman–Crippen LogP) is 2.51. The van der Waals surface area contributed by atoms with Gasteiger partial charge in [0.1, 0.15) is 5.75 Å². The van der Waals surface area contributed by atoms with E-state index in [0.717, 1.165) is 7.11 Å². The number of carbonyl (C=O) groups excluding carboxylic acids is 1. The van der Waals surface area contributed by atoms with Crippen molar-refractivity contribution in [1.82, 2.24) is 0 Å². The molecule has 0 aromatic heterocycles.